The van der Waals surface area contributed by atoms with Crippen molar-refractivity contribution in [3.8, 4) is 10.7 Å². The number of aromatic nitrogens is 2. The van der Waals surface area contributed by atoms with Crippen LogP contribution in [0.2, 0.25) is 4.47 Å². The van der Waals surface area contributed by atoms with Gasteiger partial charge in [0.1, 0.15) is 10.3 Å². The zero-order valence-corrected chi connectivity index (χ0v) is 19.1. The highest BCUT2D eigenvalue weighted by Crippen LogP contribution is 2.31. The summed E-state index contributed by atoms with van der Waals surface area (Å²) in [4.78, 5) is 33.0. The molecule has 13 heteroatoms. The molecule has 30 heavy (non-hydrogen) atoms. The van der Waals surface area contributed by atoms with Gasteiger partial charge in [-0.2, -0.15) is 9.10 Å². The minimum Gasteiger partial charge on any atom is -0.341 e. The van der Waals surface area contributed by atoms with Gasteiger partial charge in [0.15, 0.2) is 5.82 Å². The van der Waals surface area contributed by atoms with Crippen molar-refractivity contribution in [3.63, 3.8) is 0 Å². The number of nitrogens with zero attached hydrogens (tertiary/aromatic N) is 4. The standard InChI is InChI=1S/C17H20ClN5O4S3/c18-17-19-15(20-29-17)12-5-6-14(28-12)30(26,27)21-11-4-3-9-23(16(11)25)10-13(24)22-7-1-2-8-22/h5-6,11,21H,1-4,7-10H2/t11-/m0/s1. The van der Waals surface area contributed by atoms with Crippen LogP contribution in [0.5, 0.6) is 0 Å². The Kier molecular flexibility index (Phi) is 6.39. The van der Waals surface area contributed by atoms with E-state index in [0.717, 1.165) is 48.8 Å². The normalized spacial score (nSPS) is 20.2. The molecule has 2 aliphatic heterocycles. The van der Waals surface area contributed by atoms with Crippen LogP contribution >= 0.6 is 34.5 Å². The van der Waals surface area contributed by atoms with Gasteiger partial charge >= 0.3 is 0 Å². The molecule has 0 aliphatic carbocycles. The van der Waals surface area contributed by atoms with Gasteiger partial charge < -0.3 is 9.80 Å². The molecular formula is C17H20ClN5O4S3. The lowest BCUT2D eigenvalue weighted by atomic mass is 10.1. The Morgan fingerprint density at radius 2 is 2.00 bits per heavy atom. The summed E-state index contributed by atoms with van der Waals surface area (Å²) in [5.74, 6) is -0.0689. The summed E-state index contributed by atoms with van der Waals surface area (Å²) in [5.41, 5.74) is 0. The highest BCUT2D eigenvalue weighted by Gasteiger charge is 2.34. The summed E-state index contributed by atoms with van der Waals surface area (Å²) in [7, 11) is -3.90. The van der Waals surface area contributed by atoms with Crippen molar-refractivity contribution in [1.29, 1.82) is 0 Å². The van der Waals surface area contributed by atoms with Crippen molar-refractivity contribution in [3.05, 3.63) is 16.6 Å². The summed E-state index contributed by atoms with van der Waals surface area (Å²) in [6.07, 6.45) is 2.98. The second kappa shape index (κ2) is 8.87. The lowest BCUT2D eigenvalue weighted by Crippen LogP contribution is -2.54. The van der Waals surface area contributed by atoms with Crippen LogP contribution in [0.25, 0.3) is 10.7 Å². The van der Waals surface area contributed by atoms with E-state index in [1.54, 1.807) is 11.0 Å². The molecule has 4 rings (SSSR count). The average Bonchev–Trinajstić information content (AvgIpc) is 3.45. The lowest BCUT2D eigenvalue weighted by Gasteiger charge is -2.33. The van der Waals surface area contributed by atoms with Gasteiger partial charge in [0.05, 0.1) is 11.4 Å². The Hall–Kier alpha value is -1.60. The molecule has 2 saturated heterocycles. The van der Waals surface area contributed by atoms with E-state index < -0.39 is 16.1 Å². The molecule has 2 aromatic rings. The van der Waals surface area contributed by atoms with Gasteiger partial charge in [-0.25, -0.2) is 13.4 Å². The first-order chi connectivity index (χ1) is 14.3. The molecule has 2 fully saturated rings. The van der Waals surface area contributed by atoms with E-state index in [0.29, 0.717) is 30.1 Å². The van der Waals surface area contributed by atoms with E-state index in [2.05, 4.69) is 14.1 Å². The molecular weight excluding hydrogens is 470 g/mol. The van der Waals surface area contributed by atoms with Crippen LogP contribution in [0.4, 0.5) is 0 Å². The number of thiophene rings is 1. The van der Waals surface area contributed by atoms with Gasteiger partial charge in [-0.15, -0.1) is 11.3 Å². The monoisotopic (exact) mass is 489 g/mol. The molecule has 2 aliphatic rings. The molecule has 4 heterocycles. The fourth-order valence-corrected chi connectivity index (χ4v) is 6.72. The molecule has 9 nitrogen and oxygen atoms in total. The lowest BCUT2D eigenvalue weighted by molar-refractivity contribution is -0.142. The Morgan fingerprint density at radius 3 is 2.70 bits per heavy atom. The van der Waals surface area contributed by atoms with Gasteiger partial charge in [0.25, 0.3) is 10.0 Å². The molecule has 2 aromatic heterocycles. The average molecular weight is 490 g/mol. The number of likely N-dealkylation sites (tertiary alicyclic amines) is 2. The number of amides is 2. The van der Waals surface area contributed by atoms with E-state index in [1.165, 1.54) is 11.0 Å². The predicted octanol–water partition coefficient (Wildman–Crippen LogP) is 1.81. The van der Waals surface area contributed by atoms with E-state index in [4.69, 9.17) is 11.6 Å². The SMILES string of the molecule is O=C(CN1CCC[C@H](NS(=O)(=O)c2ccc(-c3nsc(Cl)n3)s2)C1=O)N1CCCC1. The van der Waals surface area contributed by atoms with Crippen molar-refractivity contribution in [2.24, 2.45) is 0 Å². The third-order valence-corrected chi connectivity index (χ3v) is 8.92. The van der Waals surface area contributed by atoms with Crippen molar-refractivity contribution >= 4 is 56.3 Å². The van der Waals surface area contributed by atoms with Gasteiger partial charge in [-0.1, -0.05) is 0 Å². The first kappa shape index (κ1) is 21.6. The number of rotatable bonds is 6. The third-order valence-electron chi connectivity index (χ3n) is 5.08. The van der Waals surface area contributed by atoms with E-state index in [9.17, 15) is 18.0 Å². The quantitative estimate of drug-likeness (QED) is 0.662. The molecule has 0 saturated carbocycles. The smallest absolute Gasteiger partial charge is 0.250 e. The summed E-state index contributed by atoms with van der Waals surface area (Å²) >= 11 is 7.83. The van der Waals surface area contributed by atoms with Crippen molar-refractivity contribution in [1.82, 2.24) is 23.9 Å². The highest BCUT2D eigenvalue weighted by atomic mass is 35.5. The zero-order valence-electron chi connectivity index (χ0n) is 15.9. The number of hydrogen-bond acceptors (Lipinski definition) is 8. The summed E-state index contributed by atoms with van der Waals surface area (Å²) in [6, 6.07) is 2.19. The zero-order chi connectivity index (χ0) is 21.3. The minimum atomic E-state index is -3.90. The van der Waals surface area contributed by atoms with E-state index in [1.807, 2.05) is 0 Å². The fraction of sp³-hybridized carbons (Fsp3) is 0.529. The number of sulfonamides is 1. The van der Waals surface area contributed by atoms with E-state index in [-0.39, 0.29) is 27.0 Å². The Bertz CT molecular complexity index is 1050. The van der Waals surface area contributed by atoms with Gasteiger partial charge in [0.2, 0.25) is 16.3 Å². The molecule has 1 atom stereocenters. The molecule has 2 amide bonds. The number of piperidine rings is 1. The van der Waals surface area contributed by atoms with Crippen LogP contribution in [0.15, 0.2) is 16.3 Å². The van der Waals surface area contributed by atoms with Gasteiger partial charge in [0, 0.05) is 19.6 Å². The summed E-state index contributed by atoms with van der Waals surface area (Å²) in [6.45, 7) is 1.89. The maximum atomic E-state index is 12.8. The molecule has 0 radical (unpaired) electrons. The highest BCUT2D eigenvalue weighted by molar-refractivity contribution is 7.91. The van der Waals surface area contributed by atoms with Crippen molar-refractivity contribution in [2.75, 3.05) is 26.2 Å². The predicted molar refractivity (Wildman–Crippen MR) is 114 cm³/mol. The number of carbonyl (C=O) groups excluding carboxylic acids is 2. The fourth-order valence-electron chi connectivity index (χ4n) is 3.57. The van der Waals surface area contributed by atoms with Gasteiger partial charge in [-0.3, -0.25) is 9.59 Å². The number of carbonyl (C=O) groups is 2. The first-order valence-corrected chi connectivity index (χ1v) is 13.0. The van der Waals surface area contributed by atoms with Gasteiger partial charge in [-0.05, 0) is 60.9 Å². The number of hydrogen-bond donors (Lipinski definition) is 1. The second-order valence-electron chi connectivity index (χ2n) is 7.15. The summed E-state index contributed by atoms with van der Waals surface area (Å²) in [5, 5.41) is 0. The Labute approximate surface area is 187 Å². The molecule has 0 bridgehead atoms. The number of halogens is 1. The van der Waals surface area contributed by atoms with E-state index >= 15 is 0 Å². The van der Waals surface area contributed by atoms with Crippen LogP contribution in [-0.2, 0) is 19.6 Å². The first-order valence-electron chi connectivity index (χ1n) is 9.52. The van der Waals surface area contributed by atoms with Crippen LogP contribution in [-0.4, -0.2) is 71.6 Å². The largest absolute Gasteiger partial charge is 0.341 e. The maximum Gasteiger partial charge on any atom is 0.250 e. The topological polar surface area (TPSA) is 113 Å². The van der Waals surface area contributed by atoms with Crippen LogP contribution in [0.1, 0.15) is 25.7 Å². The second-order valence-corrected chi connectivity index (χ2v) is 11.5. The van der Waals surface area contributed by atoms with Crippen LogP contribution < -0.4 is 4.72 Å². The Morgan fingerprint density at radius 1 is 1.23 bits per heavy atom. The number of nitrogens with one attached hydrogen (secondary N) is 1. The molecule has 0 aromatic carbocycles. The molecule has 1 N–H and O–H groups in total. The maximum absolute atomic E-state index is 12.8. The third kappa shape index (κ3) is 4.67. The van der Waals surface area contributed by atoms with Crippen LogP contribution in [0.3, 0.4) is 0 Å². The minimum absolute atomic E-state index is 0.00351. The molecule has 0 unspecified atom stereocenters. The molecule has 0 spiro atoms. The van der Waals surface area contributed by atoms with Crippen molar-refractivity contribution < 1.29 is 18.0 Å². The Balaban J connectivity index is 1.42. The summed E-state index contributed by atoms with van der Waals surface area (Å²) < 4.78 is 32.6. The van der Waals surface area contributed by atoms with Crippen LogP contribution in [0, 0.1) is 0 Å². The van der Waals surface area contributed by atoms with Crippen molar-refractivity contribution in [2.45, 2.75) is 35.9 Å². The molecule has 162 valence electrons.